The Morgan fingerprint density at radius 1 is 0.619 bits per heavy atom. The maximum Gasteiger partial charge on any atom is 0.201 e. The Morgan fingerprint density at radius 2 is 1.05 bits per heavy atom. The largest absolute Gasteiger partial charge is 0.382 e. The van der Waals surface area contributed by atoms with E-state index in [2.05, 4.69) is 10.6 Å². The van der Waals surface area contributed by atoms with Crippen molar-refractivity contribution in [2.75, 3.05) is 23.7 Å². The summed E-state index contributed by atoms with van der Waals surface area (Å²) in [5.41, 5.74) is 1.14. The van der Waals surface area contributed by atoms with Crippen molar-refractivity contribution < 1.29 is 0 Å². The number of nitrogens with one attached hydrogen (secondary N) is 2. The van der Waals surface area contributed by atoms with Crippen LogP contribution < -0.4 is 21.5 Å². The van der Waals surface area contributed by atoms with Gasteiger partial charge in [0.25, 0.3) is 0 Å². The summed E-state index contributed by atoms with van der Waals surface area (Å²) in [6.07, 6.45) is 0.802. The zero-order valence-corrected chi connectivity index (χ0v) is 11.7. The van der Waals surface area contributed by atoms with E-state index >= 15 is 0 Å². The van der Waals surface area contributed by atoms with E-state index in [1.54, 1.807) is 24.3 Å². The predicted octanol–water partition coefficient (Wildman–Crippen LogP) is 2.32. The van der Waals surface area contributed by atoms with Crippen LogP contribution in [0.25, 0.3) is 0 Å². The van der Waals surface area contributed by atoms with Crippen LogP contribution in [0.3, 0.4) is 0 Å². The molecule has 0 atom stereocenters. The molecule has 0 aromatic heterocycles. The van der Waals surface area contributed by atoms with Crippen LogP contribution in [0.2, 0.25) is 0 Å². The average Bonchev–Trinajstić information content (AvgIpc) is 2.80. The molecule has 0 saturated heterocycles. The molecule has 0 saturated carbocycles. The Kier molecular flexibility index (Phi) is 5.52. The van der Waals surface area contributed by atoms with Gasteiger partial charge in [-0.3, -0.25) is 9.59 Å². The molecule has 0 aliphatic rings. The van der Waals surface area contributed by atoms with Gasteiger partial charge in [0, 0.05) is 13.1 Å². The first-order chi connectivity index (χ1) is 10.3. The van der Waals surface area contributed by atoms with Crippen molar-refractivity contribution in [1.82, 2.24) is 0 Å². The van der Waals surface area contributed by atoms with Crippen LogP contribution in [0.5, 0.6) is 0 Å². The molecule has 0 spiro atoms. The standard InChI is InChI=1S/C17H18N2O2/c20-16-10-5-1-3-8-14(16)18-12-7-13-19-15-9-4-2-6-11-17(15)21/h1-6,8-11H,7,12-13H2,(H,18,20)(H,19,21). The Hall–Kier alpha value is -2.62. The van der Waals surface area contributed by atoms with Crippen LogP contribution in [0.1, 0.15) is 6.42 Å². The smallest absolute Gasteiger partial charge is 0.201 e. The molecule has 108 valence electrons. The highest BCUT2D eigenvalue weighted by atomic mass is 16.1. The molecular formula is C17H18N2O2. The molecule has 4 heteroatoms. The second-order valence-corrected chi connectivity index (χ2v) is 4.58. The molecule has 0 bridgehead atoms. The van der Waals surface area contributed by atoms with Crippen LogP contribution in [-0.4, -0.2) is 13.1 Å². The van der Waals surface area contributed by atoms with Gasteiger partial charge in [-0.1, -0.05) is 36.4 Å². The van der Waals surface area contributed by atoms with Crippen molar-refractivity contribution in [3.63, 3.8) is 0 Å². The zero-order chi connectivity index (χ0) is 14.9. The van der Waals surface area contributed by atoms with Crippen LogP contribution in [-0.2, 0) is 0 Å². The number of anilines is 2. The van der Waals surface area contributed by atoms with Gasteiger partial charge in [-0.05, 0) is 30.7 Å². The lowest BCUT2D eigenvalue weighted by atomic mass is 10.3. The van der Waals surface area contributed by atoms with Crippen LogP contribution in [0, 0.1) is 0 Å². The first-order valence-corrected chi connectivity index (χ1v) is 6.94. The summed E-state index contributed by atoms with van der Waals surface area (Å²) in [4.78, 5) is 23.3. The third kappa shape index (κ3) is 4.76. The second-order valence-electron chi connectivity index (χ2n) is 4.58. The molecule has 0 aliphatic carbocycles. The van der Waals surface area contributed by atoms with Gasteiger partial charge in [0.1, 0.15) is 0 Å². The molecule has 2 rings (SSSR count). The number of hydrogen-bond donors (Lipinski definition) is 2. The molecule has 0 aliphatic heterocycles. The Morgan fingerprint density at radius 3 is 1.52 bits per heavy atom. The van der Waals surface area contributed by atoms with Crippen LogP contribution in [0.15, 0.2) is 70.3 Å². The molecule has 0 radical (unpaired) electrons. The topological polar surface area (TPSA) is 58.2 Å². The summed E-state index contributed by atoms with van der Waals surface area (Å²) >= 11 is 0. The monoisotopic (exact) mass is 282 g/mol. The lowest BCUT2D eigenvalue weighted by Crippen LogP contribution is -2.15. The van der Waals surface area contributed by atoms with Gasteiger partial charge in [0.05, 0.1) is 11.4 Å². The molecule has 0 amide bonds. The minimum atomic E-state index is -0.0233. The Bertz CT molecular complexity index is 641. The van der Waals surface area contributed by atoms with Crippen molar-refractivity contribution in [2.45, 2.75) is 6.42 Å². The number of rotatable bonds is 6. The molecule has 2 aromatic rings. The molecule has 2 N–H and O–H groups in total. The lowest BCUT2D eigenvalue weighted by Gasteiger charge is -2.06. The van der Waals surface area contributed by atoms with Crippen molar-refractivity contribution in [3.8, 4) is 0 Å². The summed E-state index contributed by atoms with van der Waals surface area (Å²) in [6, 6.07) is 17.3. The van der Waals surface area contributed by atoms with E-state index in [0.29, 0.717) is 24.5 Å². The van der Waals surface area contributed by atoms with Gasteiger partial charge in [0.15, 0.2) is 0 Å². The maximum atomic E-state index is 11.7. The SMILES string of the molecule is O=c1cccccc1NCCCNc1cccccc1=O. The van der Waals surface area contributed by atoms with E-state index < -0.39 is 0 Å². The minimum absolute atomic E-state index is 0.0233. The van der Waals surface area contributed by atoms with E-state index in [1.807, 2.05) is 24.3 Å². The van der Waals surface area contributed by atoms with Gasteiger partial charge in [-0.25, -0.2) is 0 Å². The second kappa shape index (κ2) is 7.85. The molecule has 0 heterocycles. The van der Waals surface area contributed by atoms with Crippen LogP contribution >= 0.6 is 0 Å². The van der Waals surface area contributed by atoms with E-state index in [0.717, 1.165) is 6.42 Å². The molecule has 21 heavy (non-hydrogen) atoms. The highest BCUT2D eigenvalue weighted by Crippen LogP contribution is 1.99. The fraction of sp³-hybridized carbons (Fsp3) is 0.176. The fourth-order valence-corrected chi connectivity index (χ4v) is 1.89. The van der Waals surface area contributed by atoms with E-state index in [4.69, 9.17) is 0 Å². The van der Waals surface area contributed by atoms with Crippen molar-refractivity contribution in [2.24, 2.45) is 0 Å². The van der Waals surface area contributed by atoms with Crippen molar-refractivity contribution in [1.29, 1.82) is 0 Å². The summed E-state index contributed by atoms with van der Waals surface area (Å²) < 4.78 is 0. The quantitative estimate of drug-likeness (QED) is 0.798. The molecule has 2 aromatic carbocycles. The first-order valence-electron chi connectivity index (χ1n) is 6.94. The third-order valence-corrected chi connectivity index (χ3v) is 2.98. The Balaban J connectivity index is 1.81. The van der Waals surface area contributed by atoms with E-state index in [9.17, 15) is 9.59 Å². The van der Waals surface area contributed by atoms with Crippen LogP contribution in [0.4, 0.5) is 11.4 Å². The molecule has 0 fully saturated rings. The van der Waals surface area contributed by atoms with E-state index in [-0.39, 0.29) is 10.9 Å². The van der Waals surface area contributed by atoms with Gasteiger partial charge in [-0.15, -0.1) is 0 Å². The summed E-state index contributed by atoms with van der Waals surface area (Å²) in [7, 11) is 0. The summed E-state index contributed by atoms with van der Waals surface area (Å²) in [5, 5.41) is 6.22. The van der Waals surface area contributed by atoms with Gasteiger partial charge >= 0.3 is 0 Å². The normalized spacial score (nSPS) is 9.90. The fourth-order valence-electron chi connectivity index (χ4n) is 1.89. The van der Waals surface area contributed by atoms with Crippen molar-refractivity contribution >= 4 is 11.4 Å². The van der Waals surface area contributed by atoms with Gasteiger partial charge in [-0.2, -0.15) is 0 Å². The third-order valence-electron chi connectivity index (χ3n) is 2.98. The molecular weight excluding hydrogens is 264 g/mol. The van der Waals surface area contributed by atoms with Gasteiger partial charge < -0.3 is 10.6 Å². The maximum absolute atomic E-state index is 11.7. The summed E-state index contributed by atoms with van der Waals surface area (Å²) in [6.45, 7) is 1.33. The predicted molar refractivity (Wildman–Crippen MR) is 87.0 cm³/mol. The zero-order valence-electron chi connectivity index (χ0n) is 11.7. The van der Waals surface area contributed by atoms with Crippen molar-refractivity contribution in [3.05, 3.63) is 81.1 Å². The highest BCUT2D eigenvalue weighted by Gasteiger charge is 1.97. The minimum Gasteiger partial charge on any atom is -0.382 e. The summed E-state index contributed by atoms with van der Waals surface area (Å²) in [5.74, 6) is 0. The lowest BCUT2D eigenvalue weighted by molar-refractivity contribution is 0.908. The first kappa shape index (κ1) is 14.8. The molecule has 0 unspecified atom stereocenters. The van der Waals surface area contributed by atoms with E-state index in [1.165, 1.54) is 12.1 Å². The average molecular weight is 282 g/mol. The Labute approximate surface area is 123 Å². The highest BCUT2D eigenvalue weighted by molar-refractivity contribution is 5.42. The number of hydrogen-bond acceptors (Lipinski definition) is 4. The van der Waals surface area contributed by atoms with Gasteiger partial charge in [0.2, 0.25) is 10.9 Å². The molecule has 4 nitrogen and oxygen atoms in total.